The molecule has 1 spiro atoms. The molecule has 1 heterocycles. The summed E-state index contributed by atoms with van der Waals surface area (Å²) in [5.41, 5.74) is 2.53. The van der Waals surface area contributed by atoms with Crippen molar-refractivity contribution < 1.29 is 14.3 Å². The summed E-state index contributed by atoms with van der Waals surface area (Å²) in [5.74, 6) is -0.0880. The van der Waals surface area contributed by atoms with Gasteiger partial charge in [0.1, 0.15) is 0 Å². The van der Waals surface area contributed by atoms with Gasteiger partial charge in [-0.1, -0.05) is 29.8 Å². The minimum atomic E-state index is -0.376. The summed E-state index contributed by atoms with van der Waals surface area (Å²) in [7, 11) is 0. The molecular formula is C18H25NO3. The maximum atomic E-state index is 12.3. The van der Waals surface area contributed by atoms with Crippen LogP contribution in [0.1, 0.15) is 36.8 Å². The Morgan fingerprint density at radius 1 is 1.18 bits per heavy atom. The molecule has 0 unspecified atom stereocenters. The molecule has 1 N–H and O–H groups in total. The first-order valence-corrected chi connectivity index (χ1v) is 8.28. The topological polar surface area (TPSA) is 47.6 Å². The number of carbonyl (C=O) groups excluding carboxylic acids is 1. The largest absolute Gasteiger partial charge is 0.356 e. The van der Waals surface area contributed by atoms with E-state index in [0.29, 0.717) is 19.8 Å². The molecule has 0 aromatic heterocycles. The maximum Gasteiger partial charge on any atom is 0.223 e. The average molecular weight is 303 g/mol. The van der Waals surface area contributed by atoms with Gasteiger partial charge in [0.25, 0.3) is 0 Å². The fraction of sp³-hybridized carbons (Fsp3) is 0.611. The van der Waals surface area contributed by atoms with E-state index in [9.17, 15) is 4.79 Å². The highest BCUT2D eigenvalue weighted by Gasteiger charge is 2.41. The standard InChI is InChI=1S/C18H25NO3/c1-14-2-4-15(5-3-14)8-11-19-17(20)16-6-9-18(10-7-16)21-12-13-22-18/h2-5,16H,6-13H2,1H3,(H,19,20). The Bertz CT molecular complexity index is 496. The van der Waals surface area contributed by atoms with Crippen molar-refractivity contribution in [3.63, 3.8) is 0 Å². The molecule has 4 heteroatoms. The van der Waals surface area contributed by atoms with Gasteiger partial charge in [-0.3, -0.25) is 4.79 Å². The smallest absolute Gasteiger partial charge is 0.223 e. The number of aryl methyl sites for hydroxylation is 1. The molecule has 1 saturated heterocycles. The third-order valence-electron chi connectivity index (χ3n) is 4.77. The monoisotopic (exact) mass is 303 g/mol. The van der Waals surface area contributed by atoms with Crippen LogP contribution >= 0.6 is 0 Å². The van der Waals surface area contributed by atoms with Crippen LogP contribution in [0, 0.1) is 12.8 Å². The molecule has 0 atom stereocenters. The van der Waals surface area contributed by atoms with Gasteiger partial charge in [-0.25, -0.2) is 0 Å². The van der Waals surface area contributed by atoms with Gasteiger partial charge in [0.15, 0.2) is 5.79 Å². The Labute approximate surface area is 132 Å². The highest BCUT2D eigenvalue weighted by molar-refractivity contribution is 5.78. The summed E-state index contributed by atoms with van der Waals surface area (Å²) in [6.07, 6.45) is 4.27. The predicted molar refractivity (Wildman–Crippen MR) is 84.5 cm³/mol. The van der Waals surface area contributed by atoms with Gasteiger partial charge in [0, 0.05) is 25.3 Å². The summed E-state index contributed by atoms with van der Waals surface area (Å²) in [6.45, 7) is 4.16. The van der Waals surface area contributed by atoms with Gasteiger partial charge in [0.2, 0.25) is 5.91 Å². The molecule has 4 nitrogen and oxygen atoms in total. The molecule has 120 valence electrons. The lowest BCUT2D eigenvalue weighted by Crippen LogP contribution is -2.40. The number of hydrogen-bond acceptors (Lipinski definition) is 3. The Kier molecular flexibility index (Phi) is 4.79. The van der Waals surface area contributed by atoms with E-state index in [1.165, 1.54) is 11.1 Å². The van der Waals surface area contributed by atoms with E-state index in [0.717, 1.165) is 32.1 Å². The van der Waals surface area contributed by atoms with Crippen LogP contribution in [-0.2, 0) is 20.7 Å². The second kappa shape index (κ2) is 6.80. The van der Waals surface area contributed by atoms with Gasteiger partial charge < -0.3 is 14.8 Å². The fourth-order valence-corrected chi connectivity index (χ4v) is 3.33. The average Bonchev–Trinajstić information content (AvgIpc) is 2.98. The number of nitrogens with one attached hydrogen (secondary N) is 1. The summed E-state index contributed by atoms with van der Waals surface area (Å²) >= 11 is 0. The van der Waals surface area contributed by atoms with Crippen LogP contribution in [0.3, 0.4) is 0 Å². The zero-order valence-corrected chi connectivity index (χ0v) is 13.3. The van der Waals surface area contributed by atoms with Crippen LogP contribution in [0.15, 0.2) is 24.3 Å². The number of carbonyl (C=O) groups is 1. The van der Waals surface area contributed by atoms with E-state index in [1.54, 1.807) is 0 Å². The normalized spacial score (nSPS) is 21.1. The number of amides is 1. The highest BCUT2D eigenvalue weighted by atomic mass is 16.7. The molecule has 2 fully saturated rings. The summed E-state index contributed by atoms with van der Waals surface area (Å²) in [6, 6.07) is 8.47. The van der Waals surface area contributed by atoms with Crippen molar-refractivity contribution in [2.45, 2.75) is 44.8 Å². The molecule has 0 bridgehead atoms. The first-order chi connectivity index (χ1) is 10.7. The van der Waals surface area contributed by atoms with Crippen molar-refractivity contribution in [3.05, 3.63) is 35.4 Å². The first-order valence-electron chi connectivity index (χ1n) is 8.28. The third-order valence-corrected chi connectivity index (χ3v) is 4.77. The van der Waals surface area contributed by atoms with E-state index in [2.05, 4.69) is 36.5 Å². The molecule has 2 aliphatic rings. The van der Waals surface area contributed by atoms with Gasteiger partial charge in [-0.15, -0.1) is 0 Å². The first kappa shape index (κ1) is 15.5. The molecular weight excluding hydrogens is 278 g/mol. The van der Waals surface area contributed by atoms with Crippen LogP contribution in [0.4, 0.5) is 0 Å². The molecule has 0 radical (unpaired) electrons. The SMILES string of the molecule is Cc1ccc(CCNC(=O)C2CCC3(CC2)OCCO3)cc1. The third kappa shape index (κ3) is 3.68. The lowest BCUT2D eigenvalue weighted by Gasteiger charge is -2.34. The van der Waals surface area contributed by atoms with Crippen LogP contribution in [0.25, 0.3) is 0 Å². The lowest BCUT2D eigenvalue weighted by molar-refractivity contribution is -0.183. The number of benzene rings is 1. The quantitative estimate of drug-likeness (QED) is 0.930. The fourth-order valence-electron chi connectivity index (χ4n) is 3.33. The van der Waals surface area contributed by atoms with Crippen LogP contribution in [-0.4, -0.2) is 31.5 Å². The van der Waals surface area contributed by atoms with Crippen LogP contribution < -0.4 is 5.32 Å². The van der Waals surface area contributed by atoms with Gasteiger partial charge >= 0.3 is 0 Å². The van der Waals surface area contributed by atoms with Gasteiger partial charge in [-0.05, 0) is 31.7 Å². The molecule has 1 aliphatic carbocycles. The molecule has 3 rings (SSSR count). The van der Waals surface area contributed by atoms with Gasteiger partial charge in [0.05, 0.1) is 13.2 Å². The summed E-state index contributed by atoms with van der Waals surface area (Å²) in [4.78, 5) is 12.3. The molecule has 22 heavy (non-hydrogen) atoms. The second-order valence-electron chi connectivity index (χ2n) is 6.41. The Morgan fingerprint density at radius 2 is 1.82 bits per heavy atom. The van der Waals surface area contributed by atoms with Crippen molar-refractivity contribution in [2.75, 3.05) is 19.8 Å². The minimum absolute atomic E-state index is 0.108. The van der Waals surface area contributed by atoms with E-state index >= 15 is 0 Å². The predicted octanol–water partition coefficient (Wildman–Crippen LogP) is 2.59. The molecule has 1 amide bonds. The number of rotatable bonds is 4. The van der Waals surface area contributed by atoms with E-state index in [-0.39, 0.29) is 17.6 Å². The lowest BCUT2D eigenvalue weighted by atomic mass is 9.84. The Balaban J connectivity index is 1.40. The van der Waals surface area contributed by atoms with Crippen molar-refractivity contribution in [1.82, 2.24) is 5.32 Å². The Hall–Kier alpha value is -1.39. The van der Waals surface area contributed by atoms with Crippen LogP contribution in [0.2, 0.25) is 0 Å². The summed E-state index contributed by atoms with van der Waals surface area (Å²) in [5, 5.41) is 3.07. The van der Waals surface area contributed by atoms with Crippen molar-refractivity contribution in [2.24, 2.45) is 5.92 Å². The van der Waals surface area contributed by atoms with Crippen molar-refractivity contribution in [1.29, 1.82) is 0 Å². The number of hydrogen-bond donors (Lipinski definition) is 1. The zero-order chi connectivity index (χ0) is 15.4. The molecule has 1 aromatic carbocycles. The minimum Gasteiger partial charge on any atom is -0.356 e. The van der Waals surface area contributed by atoms with Crippen molar-refractivity contribution in [3.8, 4) is 0 Å². The van der Waals surface area contributed by atoms with Crippen LogP contribution in [0.5, 0.6) is 0 Å². The Morgan fingerprint density at radius 3 is 2.45 bits per heavy atom. The summed E-state index contributed by atoms with van der Waals surface area (Å²) < 4.78 is 11.4. The number of ether oxygens (including phenoxy) is 2. The maximum absolute atomic E-state index is 12.3. The van der Waals surface area contributed by atoms with E-state index < -0.39 is 0 Å². The van der Waals surface area contributed by atoms with E-state index in [4.69, 9.17) is 9.47 Å². The second-order valence-corrected chi connectivity index (χ2v) is 6.41. The molecule has 1 aromatic rings. The van der Waals surface area contributed by atoms with Gasteiger partial charge in [-0.2, -0.15) is 0 Å². The molecule has 1 saturated carbocycles. The highest BCUT2D eigenvalue weighted by Crippen LogP contribution is 2.38. The zero-order valence-electron chi connectivity index (χ0n) is 13.3. The molecule has 1 aliphatic heterocycles. The van der Waals surface area contributed by atoms with Crippen molar-refractivity contribution >= 4 is 5.91 Å². The van der Waals surface area contributed by atoms with E-state index in [1.807, 2.05) is 0 Å².